The van der Waals surface area contributed by atoms with Crippen LogP contribution >= 0.6 is 0 Å². The van der Waals surface area contributed by atoms with E-state index >= 15 is 0 Å². The van der Waals surface area contributed by atoms with Crippen LogP contribution in [0.2, 0.25) is 0 Å². The Morgan fingerprint density at radius 2 is 2.00 bits per heavy atom. The number of aromatic nitrogens is 2. The fourth-order valence-corrected chi connectivity index (χ4v) is 2.79. The fraction of sp³-hybridized carbons (Fsp3) is 0.263. The molecular weight excluding hydrogens is 320 g/mol. The summed E-state index contributed by atoms with van der Waals surface area (Å²) in [6, 6.07) is 15.4. The molecule has 0 bridgehead atoms. The SMILES string of the molecule is COc1ccc2c(c1)OC[C@@H](c1nc(COc3ccccc3)no1)C2. The van der Waals surface area contributed by atoms with Crippen molar-refractivity contribution in [2.45, 2.75) is 18.9 Å². The molecule has 0 saturated carbocycles. The van der Waals surface area contributed by atoms with Gasteiger partial charge in [0.25, 0.3) is 0 Å². The van der Waals surface area contributed by atoms with E-state index in [0.717, 1.165) is 29.2 Å². The Morgan fingerprint density at radius 3 is 2.84 bits per heavy atom. The van der Waals surface area contributed by atoms with Crippen molar-refractivity contribution in [1.29, 1.82) is 0 Å². The zero-order chi connectivity index (χ0) is 17.1. The molecule has 3 aromatic rings. The first kappa shape index (κ1) is 15.5. The second kappa shape index (κ2) is 6.84. The van der Waals surface area contributed by atoms with Crippen LogP contribution in [0.3, 0.4) is 0 Å². The summed E-state index contributed by atoms with van der Waals surface area (Å²) >= 11 is 0. The van der Waals surface area contributed by atoms with Crippen LogP contribution in [-0.4, -0.2) is 23.9 Å². The molecule has 0 fully saturated rings. The predicted octanol–water partition coefficient (Wildman–Crippen LogP) is 3.38. The van der Waals surface area contributed by atoms with Crippen molar-refractivity contribution < 1.29 is 18.7 Å². The molecule has 1 atom stereocenters. The highest BCUT2D eigenvalue weighted by molar-refractivity contribution is 5.42. The van der Waals surface area contributed by atoms with E-state index in [4.69, 9.17) is 18.7 Å². The first-order valence-corrected chi connectivity index (χ1v) is 8.12. The number of para-hydroxylation sites is 1. The topological polar surface area (TPSA) is 66.6 Å². The van der Waals surface area contributed by atoms with Gasteiger partial charge in [-0.1, -0.05) is 29.4 Å². The van der Waals surface area contributed by atoms with E-state index < -0.39 is 0 Å². The first-order valence-electron chi connectivity index (χ1n) is 8.12. The van der Waals surface area contributed by atoms with Crippen LogP contribution < -0.4 is 14.2 Å². The molecule has 2 aromatic carbocycles. The molecule has 0 spiro atoms. The number of hydrogen-bond donors (Lipinski definition) is 0. The quantitative estimate of drug-likeness (QED) is 0.710. The average molecular weight is 338 g/mol. The highest BCUT2D eigenvalue weighted by Crippen LogP contribution is 2.34. The molecule has 6 heteroatoms. The number of hydrogen-bond acceptors (Lipinski definition) is 6. The Labute approximate surface area is 145 Å². The zero-order valence-electron chi connectivity index (χ0n) is 13.8. The lowest BCUT2D eigenvalue weighted by atomic mass is 9.96. The van der Waals surface area contributed by atoms with Gasteiger partial charge in [-0.05, 0) is 30.2 Å². The Morgan fingerprint density at radius 1 is 1.12 bits per heavy atom. The summed E-state index contributed by atoms with van der Waals surface area (Å²) in [5, 5.41) is 4.00. The lowest BCUT2D eigenvalue weighted by molar-refractivity contribution is 0.228. The molecule has 0 amide bonds. The minimum atomic E-state index is 0.0406. The Balaban J connectivity index is 1.42. The van der Waals surface area contributed by atoms with E-state index in [1.54, 1.807) is 7.11 Å². The number of fused-ring (bicyclic) bond motifs is 1. The van der Waals surface area contributed by atoms with Crippen molar-refractivity contribution >= 4 is 0 Å². The third-order valence-electron chi connectivity index (χ3n) is 4.12. The molecular formula is C19H18N2O4. The molecule has 128 valence electrons. The lowest BCUT2D eigenvalue weighted by Crippen LogP contribution is -2.19. The molecule has 25 heavy (non-hydrogen) atoms. The van der Waals surface area contributed by atoms with E-state index in [1.165, 1.54) is 0 Å². The molecule has 2 heterocycles. The highest BCUT2D eigenvalue weighted by Gasteiger charge is 2.26. The molecule has 6 nitrogen and oxygen atoms in total. The summed E-state index contributed by atoms with van der Waals surface area (Å²) in [4.78, 5) is 4.45. The van der Waals surface area contributed by atoms with Crippen LogP contribution in [0.15, 0.2) is 53.1 Å². The van der Waals surface area contributed by atoms with Gasteiger partial charge >= 0.3 is 0 Å². The molecule has 0 N–H and O–H groups in total. The van der Waals surface area contributed by atoms with Gasteiger partial charge in [0.2, 0.25) is 11.7 Å². The van der Waals surface area contributed by atoms with Gasteiger partial charge < -0.3 is 18.7 Å². The van der Waals surface area contributed by atoms with Crippen molar-refractivity contribution in [3.63, 3.8) is 0 Å². The zero-order valence-corrected chi connectivity index (χ0v) is 13.8. The molecule has 1 aliphatic heterocycles. The van der Waals surface area contributed by atoms with Crippen molar-refractivity contribution in [2.24, 2.45) is 0 Å². The van der Waals surface area contributed by atoms with Gasteiger partial charge in [0.1, 0.15) is 23.9 Å². The molecule has 1 aromatic heterocycles. The fourth-order valence-electron chi connectivity index (χ4n) is 2.79. The van der Waals surface area contributed by atoms with Gasteiger partial charge in [-0.25, -0.2) is 0 Å². The van der Waals surface area contributed by atoms with E-state index in [2.05, 4.69) is 10.1 Å². The Kier molecular flexibility index (Phi) is 4.24. The van der Waals surface area contributed by atoms with Crippen LogP contribution in [0.25, 0.3) is 0 Å². The van der Waals surface area contributed by atoms with Crippen LogP contribution in [0, 0.1) is 0 Å². The molecule has 4 rings (SSSR count). The number of ether oxygens (including phenoxy) is 3. The summed E-state index contributed by atoms with van der Waals surface area (Å²) in [7, 11) is 1.64. The maximum Gasteiger partial charge on any atom is 0.233 e. The van der Waals surface area contributed by atoms with Gasteiger partial charge in [-0.2, -0.15) is 4.98 Å². The molecule has 0 unspecified atom stereocenters. The average Bonchev–Trinajstić information content (AvgIpc) is 3.15. The predicted molar refractivity (Wildman–Crippen MR) is 90.0 cm³/mol. The third kappa shape index (κ3) is 3.42. The van der Waals surface area contributed by atoms with Crippen molar-refractivity contribution in [2.75, 3.05) is 13.7 Å². The highest BCUT2D eigenvalue weighted by atomic mass is 16.5. The summed E-state index contributed by atoms with van der Waals surface area (Å²) in [6.07, 6.45) is 0.792. The van der Waals surface area contributed by atoms with Gasteiger partial charge in [0.15, 0.2) is 6.61 Å². The maximum absolute atomic E-state index is 5.83. The maximum atomic E-state index is 5.83. The molecule has 0 saturated heterocycles. The smallest absolute Gasteiger partial charge is 0.233 e. The number of methoxy groups -OCH3 is 1. The van der Waals surface area contributed by atoms with E-state index in [-0.39, 0.29) is 12.5 Å². The van der Waals surface area contributed by atoms with Crippen molar-refractivity contribution in [3.8, 4) is 17.2 Å². The van der Waals surface area contributed by atoms with E-state index in [1.807, 2.05) is 48.5 Å². The monoisotopic (exact) mass is 338 g/mol. The standard InChI is InChI=1S/C19H18N2O4/c1-22-16-8-7-13-9-14(11-24-17(13)10-16)19-20-18(21-25-19)12-23-15-5-3-2-4-6-15/h2-8,10,14H,9,11-12H2,1H3/t14-/m0/s1. The van der Waals surface area contributed by atoms with Gasteiger partial charge in [0, 0.05) is 6.07 Å². The van der Waals surface area contributed by atoms with Crippen molar-refractivity contribution in [1.82, 2.24) is 10.1 Å². The minimum absolute atomic E-state index is 0.0406. The minimum Gasteiger partial charge on any atom is -0.497 e. The first-order chi connectivity index (χ1) is 12.3. The largest absolute Gasteiger partial charge is 0.497 e. The van der Waals surface area contributed by atoms with Crippen LogP contribution in [0.1, 0.15) is 23.2 Å². The van der Waals surface area contributed by atoms with Gasteiger partial charge in [-0.3, -0.25) is 0 Å². The van der Waals surface area contributed by atoms with Crippen molar-refractivity contribution in [3.05, 3.63) is 65.8 Å². The molecule has 1 aliphatic rings. The Bertz CT molecular complexity index is 848. The summed E-state index contributed by atoms with van der Waals surface area (Å²) < 4.78 is 22.1. The number of nitrogens with zero attached hydrogens (tertiary/aromatic N) is 2. The van der Waals surface area contributed by atoms with E-state index in [0.29, 0.717) is 18.3 Å². The van der Waals surface area contributed by atoms with Crippen LogP contribution in [0.5, 0.6) is 17.2 Å². The molecule has 0 radical (unpaired) electrons. The molecule has 0 aliphatic carbocycles. The Hall–Kier alpha value is -3.02. The summed E-state index contributed by atoms with van der Waals surface area (Å²) in [6.45, 7) is 0.774. The number of rotatable bonds is 5. The normalized spacial score (nSPS) is 16.0. The van der Waals surface area contributed by atoms with Crippen LogP contribution in [-0.2, 0) is 13.0 Å². The third-order valence-corrected chi connectivity index (χ3v) is 4.12. The van der Waals surface area contributed by atoms with Crippen LogP contribution in [0.4, 0.5) is 0 Å². The van der Waals surface area contributed by atoms with E-state index in [9.17, 15) is 0 Å². The summed E-state index contributed by atoms with van der Waals surface area (Å²) in [5.41, 5.74) is 1.11. The second-order valence-electron chi connectivity index (χ2n) is 5.84. The van der Waals surface area contributed by atoms with Gasteiger partial charge in [0.05, 0.1) is 13.0 Å². The number of benzene rings is 2. The van der Waals surface area contributed by atoms with Gasteiger partial charge in [-0.15, -0.1) is 0 Å². The summed E-state index contributed by atoms with van der Waals surface area (Å²) in [5.74, 6) is 3.56. The lowest BCUT2D eigenvalue weighted by Gasteiger charge is -2.23. The second-order valence-corrected chi connectivity index (χ2v) is 5.84.